The molecule has 3 aromatic rings. The Labute approximate surface area is 366 Å². The van der Waals surface area contributed by atoms with Crippen LogP contribution in [0.1, 0.15) is 94.8 Å². The number of carbonyl (C=O) groups is 5. The van der Waals surface area contributed by atoms with Gasteiger partial charge in [0.05, 0.1) is 24.0 Å². The molecule has 1 N–H and O–H groups in total. The Hall–Kier alpha value is -5.66. The monoisotopic (exact) mass is 859 g/mol. The predicted molar refractivity (Wildman–Crippen MR) is 226 cm³/mol. The van der Waals surface area contributed by atoms with Gasteiger partial charge in [0.25, 0.3) is 0 Å². The molecule has 11 atom stereocenters. The quantitative estimate of drug-likeness (QED) is 0.142. The normalized spacial score (nSPS) is 35.2. The number of ketones is 1. The number of esters is 4. The van der Waals surface area contributed by atoms with Gasteiger partial charge in [0.1, 0.15) is 30.0 Å². The second kappa shape index (κ2) is 15.5. The van der Waals surface area contributed by atoms with Gasteiger partial charge in [0, 0.05) is 29.7 Å². The maximum Gasteiger partial charge on any atom is 0.350 e. The van der Waals surface area contributed by atoms with E-state index in [1.165, 1.54) is 6.92 Å². The molecule has 4 aliphatic carbocycles. The third-order valence-corrected chi connectivity index (χ3v) is 14.9. The van der Waals surface area contributed by atoms with Gasteiger partial charge >= 0.3 is 23.9 Å². The number of nitrogens with zero attached hydrogens (tertiary/aromatic N) is 1. The zero-order valence-corrected chi connectivity index (χ0v) is 36.3. The van der Waals surface area contributed by atoms with Gasteiger partial charge in [-0.1, -0.05) is 94.4 Å². The third-order valence-electron chi connectivity index (χ3n) is 14.9. The first kappa shape index (κ1) is 42.6. The molecule has 13 heteroatoms. The average molecular weight is 860 g/mol. The smallest absolute Gasteiger partial charge is 0.350 e. The van der Waals surface area contributed by atoms with Crippen molar-refractivity contribution < 1.29 is 57.5 Å². The van der Waals surface area contributed by atoms with Crippen LogP contribution in [0.4, 0.5) is 0 Å². The summed E-state index contributed by atoms with van der Waals surface area (Å²) in [5, 5.41) is 14.0. The molecule has 0 radical (unpaired) electrons. The van der Waals surface area contributed by atoms with Crippen molar-refractivity contribution in [1.82, 2.24) is 0 Å². The molecular weight excluding hydrogens is 807 g/mol. The molecule has 0 spiro atoms. The Morgan fingerprint density at radius 2 is 1.48 bits per heavy atom. The summed E-state index contributed by atoms with van der Waals surface area (Å²) in [5.74, 6) is -5.15. The van der Waals surface area contributed by atoms with Crippen molar-refractivity contribution in [3.8, 4) is 0 Å². The zero-order valence-electron chi connectivity index (χ0n) is 36.3. The van der Waals surface area contributed by atoms with Crippen LogP contribution in [0.2, 0.25) is 0 Å². The number of hydrogen-bond acceptors (Lipinski definition) is 13. The molecule has 63 heavy (non-hydrogen) atoms. The minimum Gasteiger partial charge on any atom is -0.459 e. The van der Waals surface area contributed by atoms with E-state index in [2.05, 4.69) is 0 Å². The maximum atomic E-state index is 15.8. The van der Waals surface area contributed by atoms with E-state index in [-0.39, 0.29) is 36.0 Å². The molecule has 2 heterocycles. The summed E-state index contributed by atoms with van der Waals surface area (Å²) in [4.78, 5) is 76.9. The first-order valence-electron chi connectivity index (χ1n) is 21.8. The molecule has 3 saturated carbocycles. The summed E-state index contributed by atoms with van der Waals surface area (Å²) in [7, 11) is 0. The van der Waals surface area contributed by atoms with Crippen LogP contribution in [-0.2, 0) is 47.6 Å². The molecule has 9 rings (SSSR count). The molecule has 0 aromatic heterocycles. The summed E-state index contributed by atoms with van der Waals surface area (Å²) < 4.78 is 38.2. The number of carbonyl (C=O) groups excluding carboxylic acids is 5. The van der Waals surface area contributed by atoms with Gasteiger partial charge in [-0.2, -0.15) is 0 Å². The second-order valence-electron chi connectivity index (χ2n) is 18.9. The van der Waals surface area contributed by atoms with Crippen LogP contribution in [0.15, 0.2) is 107 Å². The Kier molecular flexibility index (Phi) is 10.5. The first-order valence-corrected chi connectivity index (χ1v) is 21.8. The molecule has 1 saturated heterocycles. The van der Waals surface area contributed by atoms with Crippen molar-refractivity contribution in [2.75, 3.05) is 6.61 Å². The number of ether oxygens (including phenoxy) is 6. The maximum absolute atomic E-state index is 15.8. The van der Waals surface area contributed by atoms with Gasteiger partial charge in [-0.15, -0.1) is 0 Å². The average Bonchev–Trinajstić information content (AvgIpc) is 4.03. The highest BCUT2D eigenvalue weighted by Crippen LogP contribution is 2.66. The van der Waals surface area contributed by atoms with E-state index in [9.17, 15) is 24.3 Å². The highest BCUT2D eigenvalue weighted by molar-refractivity contribution is 5.98. The SMILES string of the molecule is CC(=O)O[C@H]1C(=O)[C@@]2(C)C([C@H](OC(=O)c3ccccc3)[C@]3(O)C[C@H](OC(=O)C4OC(c5ccccc5)=N[C@H]4c4ccccc4)C(C)=C1C3(C)C)[C@]1(OC(=O)C3CC3)CO[C@@H]1C[C@@H]2C. The lowest BCUT2D eigenvalue weighted by Crippen LogP contribution is -2.81. The van der Waals surface area contributed by atoms with E-state index in [0.717, 1.165) is 0 Å². The van der Waals surface area contributed by atoms with Gasteiger partial charge in [0.2, 0.25) is 12.0 Å². The van der Waals surface area contributed by atoms with Crippen LogP contribution in [0.5, 0.6) is 0 Å². The molecule has 2 aliphatic heterocycles. The van der Waals surface area contributed by atoms with E-state index < -0.39 is 100 Å². The third kappa shape index (κ3) is 6.81. The van der Waals surface area contributed by atoms with E-state index >= 15 is 4.79 Å². The zero-order chi connectivity index (χ0) is 44.6. The van der Waals surface area contributed by atoms with Crippen LogP contribution >= 0.6 is 0 Å². The topological polar surface area (TPSA) is 173 Å². The largest absolute Gasteiger partial charge is 0.459 e. The first-order chi connectivity index (χ1) is 30.0. The number of hydrogen-bond donors (Lipinski definition) is 1. The van der Waals surface area contributed by atoms with Crippen LogP contribution in [0, 0.1) is 28.6 Å². The number of rotatable bonds is 9. The van der Waals surface area contributed by atoms with Gasteiger partial charge in [-0.25, -0.2) is 14.6 Å². The van der Waals surface area contributed by atoms with Crippen LogP contribution in [0.3, 0.4) is 0 Å². The molecule has 3 aromatic carbocycles. The summed E-state index contributed by atoms with van der Waals surface area (Å²) >= 11 is 0. The van der Waals surface area contributed by atoms with Crippen molar-refractivity contribution in [1.29, 1.82) is 0 Å². The number of aliphatic hydroxyl groups is 1. The van der Waals surface area contributed by atoms with Gasteiger partial charge in [-0.05, 0) is 73.1 Å². The fraction of sp³-hybridized carbons (Fsp3) is 0.480. The number of Topliss-reactive ketones (excluding diaryl/α,β-unsaturated/α-hetero) is 1. The minimum atomic E-state index is -2.18. The van der Waals surface area contributed by atoms with Gasteiger partial charge < -0.3 is 33.5 Å². The van der Waals surface area contributed by atoms with E-state index in [4.69, 9.17) is 33.4 Å². The second-order valence-corrected chi connectivity index (χ2v) is 18.9. The molecule has 330 valence electrons. The number of aliphatic imine (C=N–C) groups is 1. The fourth-order valence-corrected chi connectivity index (χ4v) is 11.1. The minimum absolute atomic E-state index is 0.131. The van der Waals surface area contributed by atoms with Gasteiger partial charge in [-0.3, -0.25) is 14.4 Å². The van der Waals surface area contributed by atoms with Crippen LogP contribution in [-0.4, -0.2) is 89.0 Å². The Morgan fingerprint density at radius 1 is 0.841 bits per heavy atom. The molecule has 0 amide bonds. The van der Waals surface area contributed by atoms with Crippen molar-refractivity contribution >= 4 is 35.6 Å². The van der Waals surface area contributed by atoms with Crippen molar-refractivity contribution in [3.63, 3.8) is 0 Å². The fourth-order valence-electron chi connectivity index (χ4n) is 11.1. The Bertz CT molecular complexity index is 2390. The Balaban J connectivity index is 1.20. The highest BCUT2D eigenvalue weighted by Gasteiger charge is 2.78. The lowest BCUT2D eigenvalue weighted by Gasteiger charge is -2.68. The van der Waals surface area contributed by atoms with E-state index in [1.807, 2.05) is 67.6 Å². The highest BCUT2D eigenvalue weighted by atomic mass is 16.6. The predicted octanol–water partition coefficient (Wildman–Crippen LogP) is 6.46. The van der Waals surface area contributed by atoms with Crippen LogP contribution < -0.4 is 0 Å². The standard InChI is InChI=1S/C50H53NO12/c1-27-24-35-49(26-58-35,63-45(55)33-22-23-33)40-42(62-44(54)32-20-14-9-15-21-32)50(57)25-34(28(2)36(47(50,4)5)38(59-29(3)52)41(53)48(27,40)6)60-46(56)39-37(30-16-10-7-11-17-30)51-43(61-39)31-18-12-8-13-19-31/h7-21,27,33-35,37-40,42,57H,22-26H2,1-6H3/t27-,34-,35+,37-,38+,39?,40?,42-,48+,49-,50+/m0/s1. The summed E-state index contributed by atoms with van der Waals surface area (Å²) in [5.41, 5.74) is -4.62. The molecule has 13 nitrogen and oxygen atoms in total. The van der Waals surface area contributed by atoms with Crippen molar-refractivity contribution in [2.24, 2.45) is 33.6 Å². The van der Waals surface area contributed by atoms with Gasteiger partial charge in [0.15, 0.2) is 17.5 Å². The van der Waals surface area contributed by atoms with E-state index in [0.29, 0.717) is 36.0 Å². The summed E-state index contributed by atoms with van der Waals surface area (Å²) in [6, 6.07) is 25.9. The lowest BCUT2D eigenvalue weighted by molar-refractivity contribution is -0.341. The molecule has 4 fully saturated rings. The molecular formula is C50H53NO12. The van der Waals surface area contributed by atoms with Crippen molar-refractivity contribution in [2.45, 2.75) is 115 Å². The molecule has 2 bridgehead atoms. The van der Waals surface area contributed by atoms with Crippen LogP contribution in [0.25, 0.3) is 0 Å². The van der Waals surface area contributed by atoms with E-state index in [1.54, 1.807) is 58.0 Å². The molecule has 6 aliphatic rings. The summed E-state index contributed by atoms with van der Waals surface area (Å²) in [6.07, 6.45) is -5.14. The number of benzene rings is 3. The van der Waals surface area contributed by atoms with Crippen molar-refractivity contribution in [3.05, 3.63) is 119 Å². The lowest BCUT2D eigenvalue weighted by atomic mass is 9.43. The Morgan fingerprint density at radius 3 is 2.08 bits per heavy atom. The number of fused-ring (bicyclic) bond motifs is 5. The summed E-state index contributed by atoms with van der Waals surface area (Å²) in [6.45, 7) is 9.77. The molecule has 2 unspecified atom stereocenters.